The van der Waals surface area contributed by atoms with Crippen LogP contribution in [-0.2, 0) is 19.4 Å². The van der Waals surface area contributed by atoms with E-state index < -0.39 is 26.9 Å². The highest BCUT2D eigenvalue weighted by molar-refractivity contribution is 7.93. The number of hydrogen-bond acceptors (Lipinski definition) is 6. The maximum Gasteiger partial charge on any atom is 0.309 e. The third-order valence-electron chi connectivity index (χ3n) is 4.86. The maximum atomic E-state index is 12.9. The third-order valence-corrected chi connectivity index (χ3v) is 8.35. The Morgan fingerprint density at radius 1 is 1.11 bits per heavy atom. The zero-order valence-electron chi connectivity index (χ0n) is 15.4. The molecule has 2 N–H and O–H groups in total. The van der Waals surface area contributed by atoms with Crippen molar-refractivity contribution in [3.63, 3.8) is 0 Å². The fourth-order valence-electron chi connectivity index (χ4n) is 3.34. The van der Waals surface area contributed by atoms with Gasteiger partial charge in [0.25, 0.3) is 0 Å². The van der Waals surface area contributed by atoms with Gasteiger partial charge < -0.3 is 15.1 Å². The van der Waals surface area contributed by atoms with Crippen LogP contribution in [-0.4, -0.2) is 32.8 Å². The smallest absolute Gasteiger partial charge is 0.309 e. The van der Waals surface area contributed by atoms with E-state index in [0.717, 1.165) is 49.9 Å². The Labute approximate surface area is 168 Å². The molecule has 0 saturated heterocycles. The summed E-state index contributed by atoms with van der Waals surface area (Å²) in [6.07, 6.45) is 7.46. The van der Waals surface area contributed by atoms with Crippen LogP contribution in [0.15, 0.2) is 44.5 Å². The van der Waals surface area contributed by atoms with Gasteiger partial charge >= 0.3 is 11.8 Å². The third kappa shape index (κ3) is 5.02. The van der Waals surface area contributed by atoms with Gasteiger partial charge in [0.1, 0.15) is 15.2 Å². The Bertz CT molecular complexity index is 868. The molecule has 0 radical (unpaired) electrons. The minimum atomic E-state index is -3.76. The van der Waals surface area contributed by atoms with Crippen LogP contribution < -0.4 is 10.6 Å². The lowest BCUT2D eigenvalue weighted by atomic mass is 10.1. The number of carbonyl (C=O) groups excluding carboxylic acids is 2. The molecule has 0 spiro atoms. The molecule has 3 rings (SSSR count). The molecule has 0 aliphatic heterocycles. The largest absolute Gasteiger partial charge is 0.468 e. The molecule has 1 aliphatic carbocycles. The number of hydrogen-bond donors (Lipinski definition) is 2. The molecule has 2 amide bonds. The Hall–Kier alpha value is -2.13. The second-order valence-electron chi connectivity index (χ2n) is 6.85. The molecule has 0 unspecified atom stereocenters. The summed E-state index contributed by atoms with van der Waals surface area (Å²) in [6, 6.07) is 6.29. The highest BCUT2D eigenvalue weighted by Gasteiger charge is 2.33. The molecule has 1 fully saturated rings. The summed E-state index contributed by atoms with van der Waals surface area (Å²) in [4.78, 5) is 24.5. The molecule has 9 heteroatoms. The molecule has 0 aromatic carbocycles. The Balaban J connectivity index is 1.65. The van der Waals surface area contributed by atoms with Gasteiger partial charge in [-0.2, -0.15) is 0 Å². The molecule has 1 atom stereocenters. The second-order valence-corrected chi connectivity index (χ2v) is 10.2. The molecule has 1 aliphatic rings. The van der Waals surface area contributed by atoms with Gasteiger partial charge in [-0.25, -0.2) is 8.42 Å². The topological polar surface area (TPSA) is 105 Å². The standard InChI is InChI=1S/C19H24N2O5S2/c22-18(19(23)21-14-7-3-1-2-4-8-14)20-13-16(15-9-5-11-26-15)28(24,25)17-10-6-12-27-17/h5-6,9-12,14,16H,1-4,7-8,13H2,(H,20,22)(H,21,23)/t16-/m0/s1. The average Bonchev–Trinajstić information content (AvgIpc) is 3.34. The highest BCUT2D eigenvalue weighted by atomic mass is 32.2. The van der Waals surface area contributed by atoms with E-state index in [1.54, 1.807) is 23.6 Å². The summed E-state index contributed by atoms with van der Waals surface area (Å²) >= 11 is 1.10. The van der Waals surface area contributed by atoms with Crippen molar-refractivity contribution in [2.75, 3.05) is 6.54 Å². The molecule has 28 heavy (non-hydrogen) atoms. The van der Waals surface area contributed by atoms with Gasteiger partial charge in [-0.15, -0.1) is 11.3 Å². The van der Waals surface area contributed by atoms with Crippen molar-refractivity contribution in [2.45, 2.75) is 54.0 Å². The van der Waals surface area contributed by atoms with Gasteiger partial charge in [-0.05, 0) is 36.4 Å². The highest BCUT2D eigenvalue weighted by Crippen LogP contribution is 2.31. The number of carbonyl (C=O) groups is 2. The molecular weight excluding hydrogens is 400 g/mol. The SMILES string of the molecule is O=C(NC[C@@H](c1ccco1)S(=O)(=O)c1cccs1)C(=O)NC1CCCCCC1. The summed E-state index contributed by atoms with van der Waals surface area (Å²) in [6.45, 7) is -0.245. The van der Waals surface area contributed by atoms with E-state index in [1.807, 2.05) is 0 Å². The number of nitrogens with one attached hydrogen (secondary N) is 2. The molecule has 2 heterocycles. The molecule has 0 bridgehead atoms. The fourth-order valence-corrected chi connectivity index (χ4v) is 6.13. The van der Waals surface area contributed by atoms with Crippen LogP contribution >= 0.6 is 11.3 Å². The summed E-state index contributed by atoms with van der Waals surface area (Å²) < 4.78 is 31.3. The van der Waals surface area contributed by atoms with Crippen LogP contribution in [0.4, 0.5) is 0 Å². The van der Waals surface area contributed by atoms with E-state index in [0.29, 0.717) is 0 Å². The zero-order valence-corrected chi connectivity index (χ0v) is 17.1. The van der Waals surface area contributed by atoms with Gasteiger partial charge in [0, 0.05) is 12.6 Å². The van der Waals surface area contributed by atoms with E-state index in [-0.39, 0.29) is 22.6 Å². The van der Waals surface area contributed by atoms with Crippen LogP contribution in [0.2, 0.25) is 0 Å². The van der Waals surface area contributed by atoms with Gasteiger partial charge in [-0.3, -0.25) is 9.59 Å². The molecule has 1 saturated carbocycles. The number of sulfone groups is 1. The Morgan fingerprint density at radius 3 is 2.46 bits per heavy atom. The van der Waals surface area contributed by atoms with Gasteiger partial charge in [-0.1, -0.05) is 31.7 Å². The van der Waals surface area contributed by atoms with E-state index in [9.17, 15) is 18.0 Å². The van der Waals surface area contributed by atoms with Crippen LogP contribution in [0.25, 0.3) is 0 Å². The van der Waals surface area contributed by atoms with Crippen molar-refractivity contribution >= 4 is 33.0 Å². The summed E-state index contributed by atoms with van der Waals surface area (Å²) in [5, 5.41) is 5.79. The predicted octanol–water partition coefficient (Wildman–Crippen LogP) is 2.81. The van der Waals surface area contributed by atoms with Crippen molar-refractivity contribution in [3.8, 4) is 0 Å². The zero-order chi connectivity index (χ0) is 20.0. The lowest BCUT2D eigenvalue weighted by Gasteiger charge is -2.18. The first-order chi connectivity index (χ1) is 13.5. The normalized spacial score (nSPS) is 16.9. The van der Waals surface area contributed by atoms with Crippen molar-refractivity contribution in [1.29, 1.82) is 0 Å². The minimum Gasteiger partial charge on any atom is -0.468 e. The summed E-state index contributed by atoms with van der Waals surface area (Å²) in [7, 11) is -3.76. The second kappa shape index (κ2) is 9.38. The minimum absolute atomic E-state index is 0.00327. The first-order valence-electron chi connectivity index (χ1n) is 9.38. The van der Waals surface area contributed by atoms with Crippen LogP contribution in [0, 0.1) is 0 Å². The monoisotopic (exact) mass is 424 g/mol. The Kier molecular flexibility index (Phi) is 6.90. The quantitative estimate of drug-likeness (QED) is 0.548. The van der Waals surface area contributed by atoms with Crippen molar-refractivity contribution in [2.24, 2.45) is 0 Å². The number of furan rings is 1. The summed E-state index contributed by atoms with van der Waals surface area (Å²) in [5.41, 5.74) is 0. The van der Waals surface area contributed by atoms with E-state index in [2.05, 4.69) is 10.6 Å². The van der Waals surface area contributed by atoms with Crippen LogP contribution in [0.1, 0.15) is 49.5 Å². The molecule has 2 aromatic heterocycles. The lowest BCUT2D eigenvalue weighted by Crippen LogP contribution is -2.45. The van der Waals surface area contributed by atoms with Gasteiger partial charge in [0.05, 0.1) is 6.26 Å². The molecule has 152 valence electrons. The van der Waals surface area contributed by atoms with Crippen molar-refractivity contribution < 1.29 is 22.4 Å². The van der Waals surface area contributed by atoms with Crippen molar-refractivity contribution in [3.05, 3.63) is 41.7 Å². The van der Waals surface area contributed by atoms with Gasteiger partial charge in [0.15, 0.2) is 9.84 Å². The summed E-state index contributed by atoms with van der Waals surface area (Å²) in [5.74, 6) is -1.33. The predicted molar refractivity (Wildman–Crippen MR) is 106 cm³/mol. The number of amides is 2. The molecule has 2 aromatic rings. The van der Waals surface area contributed by atoms with E-state index >= 15 is 0 Å². The number of thiophene rings is 1. The Morgan fingerprint density at radius 2 is 1.86 bits per heavy atom. The van der Waals surface area contributed by atoms with Gasteiger partial charge in [0.2, 0.25) is 0 Å². The van der Waals surface area contributed by atoms with Crippen molar-refractivity contribution in [1.82, 2.24) is 10.6 Å². The van der Waals surface area contributed by atoms with Crippen LogP contribution in [0.3, 0.4) is 0 Å². The molecular formula is C19H24N2O5S2. The maximum absolute atomic E-state index is 12.9. The van der Waals surface area contributed by atoms with E-state index in [4.69, 9.17) is 4.42 Å². The number of rotatable bonds is 6. The van der Waals surface area contributed by atoms with E-state index in [1.165, 1.54) is 12.3 Å². The molecule has 7 nitrogen and oxygen atoms in total. The first-order valence-corrected chi connectivity index (χ1v) is 11.8. The lowest BCUT2D eigenvalue weighted by molar-refractivity contribution is -0.139. The first kappa shape index (κ1) is 20.6. The van der Waals surface area contributed by atoms with Crippen LogP contribution in [0.5, 0.6) is 0 Å². The average molecular weight is 425 g/mol. The fraction of sp³-hybridized carbons (Fsp3) is 0.474.